The van der Waals surface area contributed by atoms with Gasteiger partial charge in [0.05, 0.1) is 0 Å². The van der Waals surface area contributed by atoms with Crippen LogP contribution >= 0.6 is 0 Å². The molecule has 2 aliphatic rings. The zero-order chi connectivity index (χ0) is 32.5. The van der Waals surface area contributed by atoms with Gasteiger partial charge in [-0.3, -0.25) is 0 Å². The van der Waals surface area contributed by atoms with Gasteiger partial charge in [0.2, 0.25) is 0 Å². The first kappa shape index (κ1) is 41.7. The third-order valence-electron chi connectivity index (χ3n) is 7.10. The Kier molecular flexibility index (Phi) is 16.9. The average molecular weight is 605 g/mol. The normalized spacial score (nSPS) is 15.2. The monoisotopic (exact) mass is 604 g/mol. The fourth-order valence-electron chi connectivity index (χ4n) is 4.61. The molecule has 2 aromatic carbocycles. The van der Waals surface area contributed by atoms with Crippen molar-refractivity contribution in [1.82, 2.24) is 0 Å². The summed E-state index contributed by atoms with van der Waals surface area (Å²) in [6.45, 7) is 34.8. The number of hydrogen-bond acceptors (Lipinski definition) is 4. The van der Waals surface area contributed by atoms with E-state index in [0.717, 1.165) is 48.3 Å². The molecule has 0 spiro atoms. The SMILES string of the molecule is Cc1cc(C(C)(C)C)c([O-])c(C(C)(C)C)c1.Cc1cc(C(C)(C)C)c([O-])c(C(C)(C)C)c1.[CH-]1CCCO1.[CH-]1CCCO1.[Mg+2]. The Hall–Kier alpha value is -1.27. The summed E-state index contributed by atoms with van der Waals surface area (Å²) in [5, 5.41) is 24.8. The maximum absolute atomic E-state index is 12.4. The predicted octanol–water partition coefficient (Wildman–Crippen LogP) is 8.86. The minimum Gasteiger partial charge on any atom is -0.872 e. The Morgan fingerprint density at radius 3 is 0.860 bits per heavy atom. The van der Waals surface area contributed by atoms with Crippen molar-refractivity contribution in [1.29, 1.82) is 0 Å². The van der Waals surface area contributed by atoms with Crippen LogP contribution in [0.2, 0.25) is 0 Å². The van der Waals surface area contributed by atoms with E-state index >= 15 is 0 Å². The fraction of sp³-hybridized carbons (Fsp3) is 0.632. The molecule has 0 aliphatic carbocycles. The van der Waals surface area contributed by atoms with Crippen LogP contribution in [0.15, 0.2) is 24.3 Å². The number of hydrogen-bond donors (Lipinski definition) is 0. The third-order valence-corrected chi connectivity index (χ3v) is 7.10. The molecule has 43 heavy (non-hydrogen) atoms. The summed E-state index contributed by atoms with van der Waals surface area (Å²) in [5.74, 6) is 0.427. The maximum Gasteiger partial charge on any atom is 2.00 e. The van der Waals surface area contributed by atoms with Gasteiger partial charge in [0.25, 0.3) is 0 Å². The molecule has 0 radical (unpaired) electrons. The molecule has 2 saturated heterocycles. The van der Waals surface area contributed by atoms with Gasteiger partial charge in [-0.05, 0) is 57.8 Å². The van der Waals surface area contributed by atoms with Crippen LogP contribution in [-0.2, 0) is 31.1 Å². The molecule has 0 unspecified atom stereocenters. The van der Waals surface area contributed by atoms with Crippen molar-refractivity contribution in [2.75, 3.05) is 13.2 Å². The molecule has 0 atom stereocenters. The number of benzene rings is 2. The van der Waals surface area contributed by atoms with E-state index in [0.29, 0.717) is 0 Å². The Morgan fingerprint density at radius 1 is 0.512 bits per heavy atom. The summed E-state index contributed by atoms with van der Waals surface area (Å²) in [4.78, 5) is 0. The summed E-state index contributed by atoms with van der Waals surface area (Å²) in [6, 6.07) is 8.10. The van der Waals surface area contributed by atoms with Crippen molar-refractivity contribution in [3.05, 3.63) is 70.9 Å². The van der Waals surface area contributed by atoms with E-state index in [2.05, 4.69) is 96.9 Å². The second-order valence-corrected chi connectivity index (χ2v) is 15.7. The summed E-state index contributed by atoms with van der Waals surface area (Å²) in [6.07, 6.45) is 4.75. The molecule has 0 aromatic heterocycles. The molecule has 0 amide bonds. The Labute approximate surface area is 281 Å². The molecule has 2 aromatic rings. The van der Waals surface area contributed by atoms with Crippen LogP contribution < -0.4 is 10.2 Å². The molecular formula is C38H60MgO4-2. The van der Waals surface area contributed by atoms with Crippen molar-refractivity contribution in [3.63, 3.8) is 0 Å². The molecule has 0 N–H and O–H groups in total. The Bertz CT molecular complexity index is 926. The van der Waals surface area contributed by atoms with Crippen LogP contribution in [-0.4, -0.2) is 36.3 Å². The van der Waals surface area contributed by atoms with Gasteiger partial charge in [-0.2, -0.15) is 12.8 Å². The van der Waals surface area contributed by atoms with Gasteiger partial charge >= 0.3 is 23.1 Å². The fourth-order valence-corrected chi connectivity index (χ4v) is 4.61. The quantitative estimate of drug-likeness (QED) is 0.222. The van der Waals surface area contributed by atoms with Crippen LogP contribution in [0.4, 0.5) is 0 Å². The Morgan fingerprint density at radius 2 is 0.744 bits per heavy atom. The van der Waals surface area contributed by atoms with Gasteiger partial charge in [0, 0.05) is 13.2 Å². The van der Waals surface area contributed by atoms with Crippen LogP contribution in [0.1, 0.15) is 142 Å². The minimum atomic E-state index is -0.0803. The van der Waals surface area contributed by atoms with E-state index in [1.807, 2.05) is 37.5 Å². The first-order chi connectivity index (χ1) is 19.1. The zero-order valence-electron chi connectivity index (χ0n) is 30.0. The number of aryl methyl sites for hydroxylation is 2. The van der Waals surface area contributed by atoms with Gasteiger partial charge in [-0.15, -0.1) is 11.5 Å². The molecule has 0 bridgehead atoms. The van der Waals surface area contributed by atoms with Crippen molar-refractivity contribution >= 4 is 23.1 Å². The summed E-state index contributed by atoms with van der Waals surface area (Å²) < 4.78 is 9.64. The van der Waals surface area contributed by atoms with Gasteiger partial charge in [0.1, 0.15) is 0 Å². The zero-order valence-corrected chi connectivity index (χ0v) is 31.5. The number of ether oxygens (including phenoxy) is 2. The van der Waals surface area contributed by atoms with E-state index < -0.39 is 0 Å². The van der Waals surface area contributed by atoms with Gasteiger partial charge in [-0.25, -0.2) is 13.2 Å². The molecule has 2 fully saturated rings. The van der Waals surface area contributed by atoms with Crippen molar-refractivity contribution in [2.45, 2.75) is 144 Å². The van der Waals surface area contributed by atoms with Crippen molar-refractivity contribution in [3.8, 4) is 11.5 Å². The topological polar surface area (TPSA) is 64.6 Å². The van der Waals surface area contributed by atoms with Crippen LogP contribution in [0.5, 0.6) is 11.5 Å². The molecule has 5 heteroatoms. The van der Waals surface area contributed by atoms with Gasteiger partial charge in [-0.1, -0.05) is 131 Å². The smallest absolute Gasteiger partial charge is 0.872 e. The van der Waals surface area contributed by atoms with E-state index in [4.69, 9.17) is 9.47 Å². The molecule has 2 heterocycles. The average Bonchev–Trinajstić information content (AvgIpc) is 3.58. The van der Waals surface area contributed by atoms with Crippen LogP contribution in [0, 0.1) is 27.1 Å². The molecule has 4 rings (SSSR count). The predicted molar refractivity (Wildman–Crippen MR) is 181 cm³/mol. The molecular weight excluding hydrogens is 545 g/mol. The molecule has 0 saturated carbocycles. The summed E-state index contributed by atoms with van der Waals surface area (Å²) in [7, 11) is 0. The molecule has 4 nitrogen and oxygen atoms in total. The van der Waals surface area contributed by atoms with E-state index in [1.54, 1.807) is 0 Å². The van der Waals surface area contributed by atoms with E-state index in [9.17, 15) is 10.2 Å². The second-order valence-electron chi connectivity index (χ2n) is 15.7. The minimum absolute atomic E-state index is 0. The summed E-state index contributed by atoms with van der Waals surface area (Å²) >= 11 is 0. The maximum atomic E-state index is 12.4. The van der Waals surface area contributed by atoms with Crippen molar-refractivity contribution in [2.24, 2.45) is 0 Å². The molecule has 240 valence electrons. The van der Waals surface area contributed by atoms with Crippen LogP contribution in [0.3, 0.4) is 0 Å². The van der Waals surface area contributed by atoms with Gasteiger partial charge in [0.15, 0.2) is 0 Å². The first-order valence-electron chi connectivity index (χ1n) is 15.6. The summed E-state index contributed by atoms with van der Waals surface area (Å²) in [5.41, 5.74) is 5.74. The van der Waals surface area contributed by atoms with E-state index in [1.165, 1.54) is 24.0 Å². The standard InChI is InChI=1S/2C15H24O.2C4H7O.Mg/c2*1-10-8-11(14(2,3)4)13(16)12(9-10)15(5,6)7;2*1-2-4-5-3-1;/h2*8-9,16H,1-7H3;2*3H,1-2,4H2;/q;;2*-1;+2/p-2. The second kappa shape index (κ2) is 17.4. The Balaban J connectivity index is 0.000000608. The molecule has 2 aliphatic heterocycles. The third kappa shape index (κ3) is 14.6. The first-order valence-corrected chi connectivity index (χ1v) is 15.6. The largest absolute Gasteiger partial charge is 2.00 e. The van der Waals surface area contributed by atoms with Crippen molar-refractivity contribution < 1.29 is 19.7 Å². The number of rotatable bonds is 0. The van der Waals surface area contributed by atoms with Gasteiger partial charge < -0.3 is 19.7 Å². The van der Waals surface area contributed by atoms with Crippen LogP contribution in [0.25, 0.3) is 0 Å². The van der Waals surface area contributed by atoms with E-state index in [-0.39, 0.29) is 56.2 Å².